The summed E-state index contributed by atoms with van der Waals surface area (Å²) in [6.45, 7) is 0.751. The van der Waals surface area contributed by atoms with Crippen LogP contribution < -0.4 is 11.1 Å². The first-order chi connectivity index (χ1) is 17.3. The number of piperidine rings is 1. The Labute approximate surface area is 205 Å². The van der Waals surface area contributed by atoms with Crippen molar-refractivity contribution in [3.8, 4) is 5.69 Å². The number of fused-ring (bicyclic) bond motifs is 2. The van der Waals surface area contributed by atoms with E-state index in [1.165, 1.54) is 20.7 Å². The van der Waals surface area contributed by atoms with E-state index in [-0.39, 0.29) is 54.6 Å². The van der Waals surface area contributed by atoms with Gasteiger partial charge in [0, 0.05) is 25.1 Å². The van der Waals surface area contributed by atoms with E-state index >= 15 is 0 Å². The van der Waals surface area contributed by atoms with Crippen molar-refractivity contribution in [3.63, 3.8) is 0 Å². The van der Waals surface area contributed by atoms with Gasteiger partial charge in [0.2, 0.25) is 17.7 Å². The van der Waals surface area contributed by atoms with E-state index in [1.54, 1.807) is 18.2 Å². The number of carbonyl (C=O) groups excluding carboxylic acids is 5. The predicted molar refractivity (Wildman–Crippen MR) is 122 cm³/mol. The lowest BCUT2D eigenvalue weighted by Gasteiger charge is -2.29. The summed E-state index contributed by atoms with van der Waals surface area (Å²) in [7, 11) is 0. The van der Waals surface area contributed by atoms with Crippen LogP contribution in [0.4, 0.5) is 0 Å². The van der Waals surface area contributed by atoms with Crippen LogP contribution in [0.1, 0.15) is 58.5 Å². The molecule has 0 radical (unpaired) electrons. The molecule has 36 heavy (non-hydrogen) atoms. The molecular formula is C24H25N7O5. The number of primary amides is 1. The highest BCUT2D eigenvalue weighted by atomic mass is 16.2. The summed E-state index contributed by atoms with van der Waals surface area (Å²) >= 11 is 0. The van der Waals surface area contributed by atoms with Gasteiger partial charge in [-0.1, -0.05) is 17.7 Å². The third kappa shape index (κ3) is 3.47. The molecule has 1 aliphatic carbocycles. The van der Waals surface area contributed by atoms with Gasteiger partial charge in [0.1, 0.15) is 12.1 Å². The predicted octanol–water partition coefficient (Wildman–Crippen LogP) is -0.246. The summed E-state index contributed by atoms with van der Waals surface area (Å²) in [6.07, 6.45) is 4.85. The Morgan fingerprint density at radius 2 is 1.94 bits per heavy atom. The second-order valence-corrected chi connectivity index (χ2v) is 9.95. The van der Waals surface area contributed by atoms with Crippen molar-refractivity contribution in [2.24, 2.45) is 17.6 Å². The lowest BCUT2D eigenvalue weighted by atomic mass is 9.94. The lowest BCUT2D eigenvalue weighted by Crippen LogP contribution is -2.52. The van der Waals surface area contributed by atoms with E-state index in [2.05, 4.69) is 15.6 Å². The molecule has 3 aliphatic heterocycles. The fourth-order valence-corrected chi connectivity index (χ4v) is 6.20. The van der Waals surface area contributed by atoms with Crippen LogP contribution >= 0.6 is 0 Å². The van der Waals surface area contributed by atoms with E-state index in [1.807, 2.05) is 0 Å². The zero-order valence-electron chi connectivity index (χ0n) is 19.4. The Kier molecular flexibility index (Phi) is 5.13. The van der Waals surface area contributed by atoms with Crippen molar-refractivity contribution in [1.82, 2.24) is 30.1 Å². The normalized spacial score (nSPS) is 27.3. The van der Waals surface area contributed by atoms with Crippen LogP contribution in [-0.2, 0) is 20.9 Å². The number of carbonyl (C=O) groups is 5. The molecule has 12 heteroatoms. The van der Waals surface area contributed by atoms with Crippen LogP contribution in [0, 0.1) is 11.8 Å². The molecule has 1 unspecified atom stereocenters. The number of imide groups is 1. The van der Waals surface area contributed by atoms with E-state index in [4.69, 9.17) is 5.73 Å². The Morgan fingerprint density at radius 3 is 2.72 bits per heavy atom. The molecule has 4 atom stereocenters. The van der Waals surface area contributed by atoms with Crippen LogP contribution in [0.3, 0.4) is 0 Å². The van der Waals surface area contributed by atoms with Crippen LogP contribution in [0.15, 0.2) is 24.4 Å². The molecule has 1 saturated carbocycles. The molecule has 3 N–H and O–H groups in total. The summed E-state index contributed by atoms with van der Waals surface area (Å²) in [5.74, 6) is -1.62. The number of rotatable bonds is 4. The standard InChI is InChI=1S/C24H25N7O5/c25-21(33)20-15-3-1-2-12(15)10-30(20)24(36)17-11-31(28-27-17)14-5-4-13-9-29(23(35)16(13)8-14)18-6-7-19(32)26-22(18)34/h4-5,8,11-12,15,18,20H,1-3,6-7,9-10H2,(H2,25,33)(H,26,32,34)/t12-,15-,18?,20-/m0/s1. The molecule has 1 aromatic heterocycles. The SMILES string of the molecule is NC(=O)[C@@H]1[C@H]2CCC[C@H]2CN1C(=O)c1cn(-c2ccc3c(c2)C(=O)N(C2CCC(=O)NC2=O)C3)nn1. The van der Waals surface area contributed by atoms with Gasteiger partial charge in [-0.3, -0.25) is 29.3 Å². The number of nitrogens with one attached hydrogen (secondary N) is 1. The van der Waals surface area contributed by atoms with Crippen molar-refractivity contribution in [2.75, 3.05) is 6.54 Å². The molecule has 4 heterocycles. The molecule has 6 rings (SSSR count). The van der Waals surface area contributed by atoms with E-state index in [0.717, 1.165) is 24.8 Å². The van der Waals surface area contributed by atoms with Crippen LogP contribution in [0.25, 0.3) is 5.69 Å². The van der Waals surface area contributed by atoms with Crippen molar-refractivity contribution in [3.05, 3.63) is 41.2 Å². The molecule has 12 nitrogen and oxygen atoms in total. The Balaban J connectivity index is 1.22. The molecule has 0 bridgehead atoms. The third-order valence-electron chi connectivity index (χ3n) is 7.93. The average Bonchev–Trinajstić information content (AvgIpc) is 3.62. The second-order valence-electron chi connectivity index (χ2n) is 9.95. The second kappa shape index (κ2) is 8.25. The Morgan fingerprint density at radius 1 is 1.11 bits per heavy atom. The molecule has 0 spiro atoms. The minimum Gasteiger partial charge on any atom is -0.368 e. The summed E-state index contributed by atoms with van der Waals surface area (Å²) in [5, 5.41) is 10.4. The van der Waals surface area contributed by atoms with Crippen LogP contribution in [0.2, 0.25) is 0 Å². The number of aromatic nitrogens is 3. The lowest BCUT2D eigenvalue weighted by molar-refractivity contribution is -0.137. The molecule has 5 amide bonds. The van der Waals surface area contributed by atoms with Crippen molar-refractivity contribution in [1.29, 1.82) is 0 Å². The minimum absolute atomic E-state index is 0.0940. The van der Waals surface area contributed by atoms with E-state index < -0.39 is 23.9 Å². The van der Waals surface area contributed by atoms with Gasteiger partial charge in [-0.25, -0.2) is 4.68 Å². The number of likely N-dealkylation sites (tertiary alicyclic amines) is 1. The van der Waals surface area contributed by atoms with E-state index in [9.17, 15) is 24.0 Å². The van der Waals surface area contributed by atoms with E-state index in [0.29, 0.717) is 17.8 Å². The maximum Gasteiger partial charge on any atom is 0.276 e. The van der Waals surface area contributed by atoms with Gasteiger partial charge in [-0.2, -0.15) is 0 Å². The number of benzene rings is 1. The van der Waals surface area contributed by atoms with Gasteiger partial charge < -0.3 is 15.5 Å². The maximum atomic E-state index is 13.2. The largest absolute Gasteiger partial charge is 0.368 e. The van der Waals surface area contributed by atoms with Crippen LogP contribution in [0.5, 0.6) is 0 Å². The topological polar surface area (TPSA) is 161 Å². The van der Waals surface area contributed by atoms with Crippen molar-refractivity contribution < 1.29 is 24.0 Å². The van der Waals surface area contributed by atoms with Crippen molar-refractivity contribution in [2.45, 2.75) is 50.7 Å². The van der Waals surface area contributed by atoms with Gasteiger partial charge in [0.15, 0.2) is 5.69 Å². The van der Waals surface area contributed by atoms with Crippen LogP contribution in [-0.4, -0.2) is 73.0 Å². The zero-order chi connectivity index (χ0) is 25.1. The first-order valence-corrected chi connectivity index (χ1v) is 12.1. The molecule has 4 aliphatic rings. The number of nitrogens with two attached hydrogens (primary N) is 1. The Hall–Kier alpha value is -4.09. The molecular weight excluding hydrogens is 466 g/mol. The Bertz CT molecular complexity index is 1320. The quantitative estimate of drug-likeness (QED) is 0.558. The summed E-state index contributed by atoms with van der Waals surface area (Å²) in [4.78, 5) is 65.2. The summed E-state index contributed by atoms with van der Waals surface area (Å²) < 4.78 is 1.41. The molecule has 2 saturated heterocycles. The fourth-order valence-electron chi connectivity index (χ4n) is 6.20. The number of hydrogen-bond donors (Lipinski definition) is 2. The number of hydrogen-bond acceptors (Lipinski definition) is 7. The third-order valence-corrected chi connectivity index (χ3v) is 7.93. The number of nitrogens with zero attached hydrogens (tertiary/aromatic N) is 5. The molecule has 2 aromatic rings. The van der Waals surface area contributed by atoms with Gasteiger partial charge in [0.05, 0.1) is 11.9 Å². The molecule has 3 fully saturated rings. The minimum atomic E-state index is -0.695. The van der Waals surface area contributed by atoms with Gasteiger partial charge in [-0.05, 0) is 48.8 Å². The zero-order valence-corrected chi connectivity index (χ0v) is 19.4. The average molecular weight is 492 g/mol. The highest BCUT2D eigenvalue weighted by Gasteiger charge is 2.49. The molecule has 186 valence electrons. The molecule has 1 aromatic carbocycles. The first-order valence-electron chi connectivity index (χ1n) is 12.1. The fraction of sp³-hybridized carbons (Fsp3) is 0.458. The first kappa shape index (κ1) is 22.4. The van der Waals surface area contributed by atoms with Gasteiger partial charge in [0.25, 0.3) is 11.8 Å². The van der Waals surface area contributed by atoms with Gasteiger partial charge in [-0.15, -0.1) is 5.10 Å². The summed E-state index contributed by atoms with van der Waals surface area (Å²) in [5.41, 5.74) is 7.47. The summed E-state index contributed by atoms with van der Waals surface area (Å²) in [6, 6.07) is 3.86. The van der Waals surface area contributed by atoms with Crippen molar-refractivity contribution >= 4 is 29.5 Å². The number of amides is 5. The maximum absolute atomic E-state index is 13.2. The van der Waals surface area contributed by atoms with Gasteiger partial charge >= 0.3 is 0 Å². The monoisotopic (exact) mass is 491 g/mol. The smallest absolute Gasteiger partial charge is 0.276 e. The highest BCUT2D eigenvalue weighted by Crippen LogP contribution is 2.42. The highest BCUT2D eigenvalue weighted by molar-refractivity contribution is 6.05.